The third-order valence-corrected chi connectivity index (χ3v) is 2.96. The summed E-state index contributed by atoms with van der Waals surface area (Å²) in [6.45, 7) is 2.80. The lowest BCUT2D eigenvalue weighted by Gasteiger charge is -2.07. The van der Waals surface area contributed by atoms with E-state index in [0.29, 0.717) is 12.4 Å². The van der Waals surface area contributed by atoms with Gasteiger partial charge in [0.25, 0.3) is 5.56 Å². The molecular weight excluding hydrogens is 226 g/mol. The van der Waals surface area contributed by atoms with Crippen molar-refractivity contribution in [2.75, 3.05) is 11.9 Å². The van der Waals surface area contributed by atoms with E-state index in [1.807, 2.05) is 12.1 Å². The Bertz CT molecular complexity index is 590. The van der Waals surface area contributed by atoms with Gasteiger partial charge in [-0.05, 0) is 24.5 Å². The summed E-state index contributed by atoms with van der Waals surface area (Å²) in [6.07, 6.45) is 4.15. The van der Waals surface area contributed by atoms with Gasteiger partial charge in [0, 0.05) is 26.0 Å². The summed E-state index contributed by atoms with van der Waals surface area (Å²) in [5.74, 6) is 0.411. The van der Waals surface area contributed by atoms with E-state index < -0.39 is 0 Å². The normalized spacial score (nSPS) is 10.3. The van der Waals surface area contributed by atoms with Crippen molar-refractivity contribution in [2.24, 2.45) is 7.05 Å². The SMILES string of the molecule is Cc1ccccc1CCNc1nccn(C)c1=O. The molecule has 0 amide bonds. The molecule has 0 saturated carbocycles. The predicted octanol–water partition coefficient (Wildman–Crippen LogP) is 1.74. The topological polar surface area (TPSA) is 46.9 Å². The zero-order valence-corrected chi connectivity index (χ0v) is 10.7. The lowest BCUT2D eigenvalue weighted by Crippen LogP contribution is -2.22. The summed E-state index contributed by atoms with van der Waals surface area (Å²) < 4.78 is 1.52. The minimum Gasteiger partial charge on any atom is -0.365 e. The van der Waals surface area contributed by atoms with Crippen LogP contribution in [0.25, 0.3) is 0 Å². The van der Waals surface area contributed by atoms with Gasteiger partial charge in [-0.25, -0.2) is 4.98 Å². The van der Waals surface area contributed by atoms with Gasteiger partial charge in [-0.2, -0.15) is 0 Å². The summed E-state index contributed by atoms with van der Waals surface area (Å²) in [4.78, 5) is 15.8. The first-order valence-electron chi connectivity index (χ1n) is 5.98. The highest BCUT2D eigenvalue weighted by atomic mass is 16.1. The lowest BCUT2D eigenvalue weighted by atomic mass is 10.1. The van der Waals surface area contributed by atoms with Crippen molar-refractivity contribution in [3.05, 3.63) is 58.1 Å². The zero-order valence-electron chi connectivity index (χ0n) is 10.7. The van der Waals surface area contributed by atoms with Crippen molar-refractivity contribution in [3.63, 3.8) is 0 Å². The first-order chi connectivity index (χ1) is 8.68. The monoisotopic (exact) mass is 243 g/mol. The van der Waals surface area contributed by atoms with E-state index in [2.05, 4.69) is 29.4 Å². The average Bonchev–Trinajstić information content (AvgIpc) is 2.37. The molecule has 1 N–H and O–H groups in total. The van der Waals surface area contributed by atoms with Crippen LogP contribution in [0.5, 0.6) is 0 Å². The Kier molecular flexibility index (Phi) is 3.77. The van der Waals surface area contributed by atoms with Crippen LogP contribution in [0.1, 0.15) is 11.1 Å². The summed E-state index contributed by atoms with van der Waals surface area (Å²) >= 11 is 0. The number of rotatable bonds is 4. The third-order valence-electron chi connectivity index (χ3n) is 2.96. The Balaban J connectivity index is 1.99. The van der Waals surface area contributed by atoms with Crippen LogP contribution in [0.15, 0.2) is 41.5 Å². The highest BCUT2D eigenvalue weighted by Gasteiger charge is 2.02. The summed E-state index contributed by atoms with van der Waals surface area (Å²) in [5, 5.41) is 3.09. The highest BCUT2D eigenvalue weighted by Crippen LogP contribution is 2.07. The molecule has 0 saturated heterocycles. The maximum absolute atomic E-state index is 11.7. The molecule has 0 aliphatic heterocycles. The quantitative estimate of drug-likeness (QED) is 0.889. The van der Waals surface area contributed by atoms with E-state index >= 15 is 0 Å². The third kappa shape index (κ3) is 2.77. The number of aromatic nitrogens is 2. The van der Waals surface area contributed by atoms with E-state index in [9.17, 15) is 4.79 Å². The van der Waals surface area contributed by atoms with Crippen LogP contribution >= 0.6 is 0 Å². The number of nitrogens with one attached hydrogen (secondary N) is 1. The van der Waals surface area contributed by atoms with Gasteiger partial charge in [-0.1, -0.05) is 24.3 Å². The van der Waals surface area contributed by atoms with Crippen molar-refractivity contribution in [1.29, 1.82) is 0 Å². The second kappa shape index (κ2) is 5.49. The standard InChI is InChI=1S/C14H17N3O/c1-11-5-3-4-6-12(11)7-8-15-13-14(18)17(2)10-9-16-13/h3-6,9-10H,7-8H2,1-2H3,(H,15,16). The van der Waals surface area contributed by atoms with E-state index in [1.165, 1.54) is 15.7 Å². The van der Waals surface area contributed by atoms with Gasteiger partial charge < -0.3 is 9.88 Å². The molecule has 2 aromatic rings. The minimum atomic E-state index is -0.0951. The van der Waals surface area contributed by atoms with Crippen LogP contribution in [0.2, 0.25) is 0 Å². The van der Waals surface area contributed by atoms with Crippen molar-refractivity contribution in [2.45, 2.75) is 13.3 Å². The number of hydrogen-bond donors (Lipinski definition) is 1. The van der Waals surface area contributed by atoms with Crippen LogP contribution in [0, 0.1) is 6.92 Å². The molecule has 94 valence electrons. The molecule has 0 bridgehead atoms. The maximum Gasteiger partial charge on any atom is 0.293 e. The molecule has 0 spiro atoms. The molecule has 4 heteroatoms. The van der Waals surface area contributed by atoms with Gasteiger partial charge >= 0.3 is 0 Å². The molecule has 1 aromatic carbocycles. The van der Waals surface area contributed by atoms with Gasteiger partial charge in [0.05, 0.1) is 0 Å². The van der Waals surface area contributed by atoms with Gasteiger partial charge in [0.15, 0.2) is 5.82 Å². The Morgan fingerprint density at radius 3 is 2.89 bits per heavy atom. The second-order valence-electron chi connectivity index (χ2n) is 4.30. The van der Waals surface area contributed by atoms with Crippen LogP contribution in [-0.2, 0) is 13.5 Å². The molecule has 1 heterocycles. The summed E-state index contributed by atoms with van der Waals surface area (Å²) in [5.41, 5.74) is 2.47. The largest absolute Gasteiger partial charge is 0.365 e. The molecule has 0 unspecified atom stereocenters. The van der Waals surface area contributed by atoms with E-state index in [4.69, 9.17) is 0 Å². The molecule has 0 aliphatic rings. The number of nitrogens with zero attached hydrogens (tertiary/aromatic N) is 2. The molecule has 18 heavy (non-hydrogen) atoms. The van der Waals surface area contributed by atoms with Crippen molar-refractivity contribution < 1.29 is 0 Å². The van der Waals surface area contributed by atoms with Crippen LogP contribution in [-0.4, -0.2) is 16.1 Å². The first kappa shape index (κ1) is 12.4. The van der Waals surface area contributed by atoms with Gasteiger partial charge in [-0.3, -0.25) is 4.79 Å². The van der Waals surface area contributed by atoms with E-state index in [-0.39, 0.29) is 5.56 Å². The fourth-order valence-corrected chi connectivity index (χ4v) is 1.83. The van der Waals surface area contributed by atoms with Gasteiger partial charge in [0.1, 0.15) is 0 Å². The zero-order chi connectivity index (χ0) is 13.0. The Morgan fingerprint density at radius 2 is 2.11 bits per heavy atom. The molecule has 0 atom stereocenters. The Hall–Kier alpha value is -2.10. The van der Waals surface area contributed by atoms with Crippen LogP contribution < -0.4 is 10.9 Å². The van der Waals surface area contributed by atoms with Crippen LogP contribution in [0.3, 0.4) is 0 Å². The molecule has 4 nitrogen and oxygen atoms in total. The average molecular weight is 243 g/mol. The number of anilines is 1. The van der Waals surface area contributed by atoms with E-state index in [1.54, 1.807) is 19.4 Å². The Morgan fingerprint density at radius 1 is 1.33 bits per heavy atom. The number of hydrogen-bond acceptors (Lipinski definition) is 3. The minimum absolute atomic E-state index is 0.0951. The predicted molar refractivity (Wildman–Crippen MR) is 72.9 cm³/mol. The number of aryl methyl sites for hydroxylation is 2. The lowest BCUT2D eigenvalue weighted by molar-refractivity contribution is 0.837. The van der Waals surface area contributed by atoms with Gasteiger partial charge in [-0.15, -0.1) is 0 Å². The van der Waals surface area contributed by atoms with Crippen molar-refractivity contribution in [1.82, 2.24) is 9.55 Å². The summed E-state index contributed by atoms with van der Waals surface area (Å²) in [7, 11) is 1.72. The van der Waals surface area contributed by atoms with Crippen molar-refractivity contribution >= 4 is 5.82 Å². The molecule has 0 radical (unpaired) electrons. The number of benzene rings is 1. The first-order valence-corrected chi connectivity index (χ1v) is 5.98. The molecule has 0 fully saturated rings. The van der Waals surface area contributed by atoms with Crippen LogP contribution in [0.4, 0.5) is 5.82 Å². The summed E-state index contributed by atoms with van der Waals surface area (Å²) in [6, 6.07) is 8.26. The van der Waals surface area contributed by atoms with Gasteiger partial charge in [0.2, 0.25) is 0 Å². The molecule has 0 aliphatic carbocycles. The maximum atomic E-state index is 11.7. The smallest absolute Gasteiger partial charge is 0.293 e. The second-order valence-corrected chi connectivity index (χ2v) is 4.30. The molecule has 2 rings (SSSR count). The Labute approximate surface area is 106 Å². The van der Waals surface area contributed by atoms with E-state index in [0.717, 1.165) is 6.42 Å². The molecular formula is C14H17N3O. The van der Waals surface area contributed by atoms with Crippen molar-refractivity contribution in [3.8, 4) is 0 Å². The fourth-order valence-electron chi connectivity index (χ4n) is 1.83. The fraction of sp³-hybridized carbons (Fsp3) is 0.286. The molecule has 1 aromatic heterocycles. The highest BCUT2D eigenvalue weighted by molar-refractivity contribution is 5.32.